The van der Waals surface area contributed by atoms with Crippen LogP contribution in [0.2, 0.25) is 0 Å². The highest BCUT2D eigenvalue weighted by molar-refractivity contribution is 5.78. The van der Waals surface area contributed by atoms with Crippen molar-refractivity contribution in [1.82, 2.24) is 25.3 Å². The Balaban J connectivity index is 1.40. The van der Waals surface area contributed by atoms with E-state index in [0.29, 0.717) is 18.3 Å². The summed E-state index contributed by atoms with van der Waals surface area (Å²) < 4.78 is 10.6. The van der Waals surface area contributed by atoms with E-state index in [1.165, 1.54) is 0 Å². The SMILES string of the molecule is Cc1noc([C@@H](C)N2CCN(CC(=O)NC3CCOCC3)CC2)n1. The molecule has 8 heteroatoms. The Kier molecular flexibility index (Phi) is 5.80. The van der Waals surface area contributed by atoms with E-state index in [2.05, 4.69) is 32.2 Å². The second-order valence-corrected chi connectivity index (χ2v) is 6.62. The van der Waals surface area contributed by atoms with Crippen molar-refractivity contribution in [2.45, 2.75) is 38.8 Å². The monoisotopic (exact) mass is 337 g/mol. The standard InChI is InChI=1S/C16H27N5O3/c1-12(16-17-13(2)19-24-16)21-7-5-20(6-8-21)11-15(22)18-14-3-9-23-10-4-14/h12,14H,3-11H2,1-2H3,(H,18,22)/t12-/m1/s1. The number of hydrogen-bond acceptors (Lipinski definition) is 7. The first kappa shape index (κ1) is 17.3. The third-order valence-electron chi connectivity index (χ3n) is 4.81. The predicted molar refractivity (Wildman–Crippen MR) is 87.4 cm³/mol. The molecule has 3 rings (SSSR count). The van der Waals surface area contributed by atoms with Crippen LogP contribution in [0.15, 0.2) is 4.52 Å². The van der Waals surface area contributed by atoms with Gasteiger partial charge in [-0.15, -0.1) is 0 Å². The zero-order chi connectivity index (χ0) is 16.9. The van der Waals surface area contributed by atoms with E-state index in [0.717, 1.165) is 52.2 Å². The number of nitrogens with zero attached hydrogens (tertiary/aromatic N) is 4. The molecule has 134 valence electrons. The van der Waals surface area contributed by atoms with Crippen LogP contribution >= 0.6 is 0 Å². The molecule has 0 spiro atoms. The Morgan fingerprint density at radius 2 is 2.00 bits per heavy atom. The lowest BCUT2D eigenvalue weighted by Crippen LogP contribution is -2.51. The van der Waals surface area contributed by atoms with Gasteiger partial charge in [0, 0.05) is 45.4 Å². The van der Waals surface area contributed by atoms with Crippen molar-refractivity contribution >= 4 is 5.91 Å². The summed E-state index contributed by atoms with van der Waals surface area (Å²) in [6, 6.07) is 0.387. The molecule has 2 saturated heterocycles. The van der Waals surface area contributed by atoms with E-state index >= 15 is 0 Å². The third-order valence-corrected chi connectivity index (χ3v) is 4.81. The number of carbonyl (C=O) groups is 1. The molecule has 1 aromatic rings. The highest BCUT2D eigenvalue weighted by Crippen LogP contribution is 2.19. The first-order valence-corrected chi connectivity index (χ1v) is 8.75. The van der Waals surface area contributed by atoms with Crippen LogP contribution < -0.4 is 5.32 Å². The average molecular weight is 337 g/mol. The molecule has 3 heterocycles. The largest absolute Gasteiger partial charge is 0.381 e. The van der Waals surface area contributed by atoms with Crippen molar-refractivity contribution in [3.05, 3.63) is 11.7 Å². The van der Waals surface area contributed by atoms with Crippen molar-refractivity contribution in [2.24, 2.45) is 0 Å². The van der Waals surface area contributed by atoms with Crippen molar-refractivity contribution in [3.63, 3.8) is 0 Å². The zero-order valence-corrected chi connectivity index (χ0v) is 14.5. The number of ether oxygens (including phenoxy) is 1. The summed E-state index contributed by atoms with van der Waals surface area (Å²) in [5.41, 5.74) is 0. The Morgan fingerprint density at radius 1 is 1.29 bits per heavy atom. The van der Waals surface area contributed by atoms with Crippen LogP contribution in [0.25, 0.3) is 0 Å². The Morgan fingerprint density at radius 3 is 2.62 bits per heavy atom. The Labute approximate surface area is 142 Å². The number of rotatable bonds is 5. The molecule has 2 fully saturated rings. The minimum absolute atomic E-state index is 0.115. The molecule has 24 heavy (non-hydrogen) atoms. The van der Waals surface area contributed by atoms with Gasteiger partial charge in [-0.25, -0.2) is 0 Å². The molecule has 8 nitrogen and oxygen atoms in total. The minimum atomic E-state index is 0.115. The van der Waals surface area contributed by atoms with E-state index in [9.17, 15) is 4.79 Å². The number of amides is 1. The number of aromatic nitrogens is 2. The van der Waals surface area contributed by atoms with Crippen LogP contribution in [0.3, 0.4) is 0 Å². The second kappa shape index (κ2) is 8.04. The van der Waals surface area contributed by atoms with Gasteiger partial charge in [-0.3, -0.25) is 14.6 Å². The predicted octanol–water partition coefficient (Wildman–Crippen LogP) is 0.352. The van der Waals surface area contributed by atoms with Gasteiger partial charge in [0.2, 0.25) is 11.8 Å². The molecule has 1 amide bonds. The van der Waals surface area contributed by atoms with Gasteiger partial charge in [0.05, 0.1) is 12.6 Å². The topological polar surface area (TPSA) is 83.7 Å². The first-order chi connectivity index (χ1) is 11.6. The fourth-order valence-electron chi connectivity index (χ4n) is 3.27. The van der Waals surface area contributed by atoms with Gasteiger partial charge in [-0.2, -0.15) is 4.98 Å². The summed E-state index contributed by atoms with van der Waals surface area (Å²) in [4.78, 5) is 21.0. The molecule has 0 radical (unpaired) electrons. The molecule has 1 N–H and O–H groups in total. The molecule has 0 aromatic carbocycles. The van der Waals surface area contributed by atoms with Crippen molar-refractivity contribution in [1.29, 1.82) is 0 Å². The summed E-state index contributed by atoms with van der Waals surface area (Å²) in [6.07, 6.45) is 1.83. The van der Waals surface area contributed by atoms with E-state index in [4.69, 9.17) is 9.26 Å². The van der Waals surface area contributed by atoms with Crippen molar-refractivity contribution < 1.29 is 14.1 Å². The normalized spacial score (nSPS) is 22.4. The summed E-state index contributed by atoms with van der Waals surface area (Å²) in [5.74, 6) is 1.45. The van der Waals surface area contributed by atoms with Crippen LogP contribution in [0.1, 0.15) is 37.5 Å². The average Bonchev–Trinajstić information content (AvgIpc) is 3.02. The quantitative estimate of drug-likeness (QED) is 0.830. The molecule has 0 bridgehead atoms. The van der Waals surface area contributed by atoms with Gasteiger partial charge < -0.3 is 14.6 Å². The number of nitrogens with one attached hydrogen (secondary N) is 1. The van der Waals surface area contributed by atoms with Gasteiger partial charge in [0.1, 0.15) is 0 Å². The molecule has 1 aromatic heterocycles. The summed E-state index contributed by atoms with van der Waals surface area (Å²) in [7, 11) is 0. The van der Waals surface area contributed by atoms with Crippen LogP contribution in [0.5, 0.6) is 0 Å². The smallest absolute Gasteiger partial charge is 0.243 e. The summed E-state index contributed by atoms with van der Waals surface area (Å²) >= 11 is 0. The van der Waals surface area contributed by atoms with E-state index in [-0.39, 0.29) is 18.0 Å². The van der Waals surface area contributed by atoms with Crippen LogP contribution in [-0.4, -0.2) is 77.8 Å². The van der Waals surface area contributed by atoms with E-state index in [1.807, 2.05) is 6.92 Å². The Bertz CT molecular complexity index is 536. The summed E-state index contributed by atoms with van der Waals surface area (Å²) in [5, 5.41) is 6.98. The minimum Gasteiger partial charge on any atom is -0.381 e. The van der Waals surface area contributed by atoms with Gasteiger partial charge in [-0.05, 0) is 26.7 Å². The zero-order valence-electron chi connectivity index (χ0n) is 14.5. The van der Waals surface area contributed by atoms with Crippen LogP contribution in [0, 0.1) is 6.92 Å². The van der Waals surface area contributed by atoms with Gasteiger partial charge in [0.15, 0.2) is 5.82 Å². The lowest BCUT2D eigenvalue weighted by atomic mass is 10.1. The highest BCUT2D eigenvalue weighted by Gasteiger charge is 2.26. The molecular formula is C16H27N5O3. The fourth-order valence-corrected chi connectivity index (χ4v) is 3.27. The molecular weight excluding hydrogens is 310 g/mol. The molecule has 2 aliphatic rings. The lowest BCUT2D eigenvalue weighted by Gasteiger charge is -2.36. The number of piperazine rings is 1. The maximum atomic E-state index is 12.2. The van der Waals surface area contributed by atoms with Crippen LogP contribution in [-0.2, 0) is 9.53 Å². The van der Waals surface area contributed by atoms with Crippen molar-refractivity contribution in [2.75, 3.05) is 45.9 Å². The van der Waals surface area contributed by atoms with E-state index in [1.54, 1.807) is 0 Å². The molecule has 0 unspecified atom stereocenters. The van der Waals surface area contributed by atoms with Gasteiger partial charge in [0.25, 0.3) is 0 Å². The molecule has 0 saturated carbocycles. The second-order valence-electron chi connectivity index (χ2n) is 6.62. The fraction of sp³-hybridized carbons (Fsp3) is 0.812. The molecule has 1 atom stereocenters. The number of carbonyl (C=O) groups excluding carboxylic acids is 1. The molecule has 0 aliphatic carbocycles. The Hall–Kier alpha value is -1.51. The van der Waals surface area contributed by atoms with Crippen LogP contribution in [0.4, 0.5) is 0 Å². The number of aryl methyl sites for hydroxylation is 1. The maximum Gasteiger partial charge on any atom is 0.243 e. The van der Waals surface area contributed by atoms with E-state index < -0.39 is 0 Å². The summed E-state index contributed by atoms with van der Waals surface area (Å²) in [6.45, 7) is 9.42. The first-order valence-electron chi connectivity index (χ1n) is 8.75. The third kappa shape index (κ3) is 4.52. The maximum absolute atomic E-state index is 12.2. The van der Waals surface area contributed by atoms with Crippen molar-refractivity contribution in [3.8, 4) is 0 Å². The van der Waals surface area contributed by atoms with Gasteiger partial charge in [-0.1, -0.05) is 5.16 Å². The van der Waals surface area contributed by atoms with Gasteiger partial charge >= 0.3 is 0 Å². The number of hydrogen-bond donors (Lipinski definition) is 1. The molecule has 2 aliphatic heterocycles. The highest BCUT2D eigenvalue weighted by atomic mass is 16.5. The lowest BCUT2D eigenvalue weighted by molar-refractivity contribution is -0.124.